The standard InChI is InChI=1S/C21H25N3O3/c1-3-27-18-11-9-16(10-12-18)21(26)24-13-5-7-17(14-24)20(25)23-19-8-4-6-15(2)22-19/h4,6,8-12,17H,3,5,7,13-14H2,1-2H3,(H,22,23,25)/t17-/m0/s1. The number of rotatable bonds is 5. The molecule has 27 heavy (non-hydrogen) atoms. The van der Waals surface area contributed by atoms with Crippen molar-refractivity contribution in [3.8, 4) is 5.75 Å². The molecule has 2 amide bonds. The van der Waals surface area contributed by atoms with E-state index in [2.05, 4.69) is 10.3 Å². The van der Waals surface area contributed by atoms with E-state index in [0.29, 0.717) is 31.1 Å². The summed E-state index contributed by atoms with van der Waals surface area (Å²) in [7, 11) is 0. The van der Waals surface area contributed by atoms with E-state index in [0.717, 1.165) is 24.3 Å². The van der Waals surface area contributed by atoms with Crippen molar-refractivity contribution in [1.29, 1.82) is 0 Å². The van der Waals surface area contributed by atoms with E-state index in [4.69, 9.17) is 4.74 Å². The summed E-state index contributed by atoms with van der Waals surface area (Å²) in [5, 5.41) is 2.87. The molecular formula is C21H25N3O3. The van der Waals surface area contributed by atoms with Crippen LogP contribution in [0.15, 0.2) is 42.5 Å². The summed E-state index contributed by atoms with van der Waals surface area (Å²) < 4.78 is 5.42. The third-order valence-corrected chi connectivity index (χ3v) is 4.63. The Morgan fingerprint density at radius 1 is 1.22 bits per heavy atom. The number of amides is 2. The summed E-state index contributed by atoms with van der Waals surface area (Å²) in [6.45, 7) is 5.48. The maximum absolute atomic E-state index is 12.8. The van der Waals surface area contributed by atoms with E-state index in [1.54, 1.807) is 35.2 Å². The zero-order valence-electron chi connectivity index (χ0n) is 15.8. The zero-order chi connectivity index (χ0) is 19.2. The van der Waals surface area contributed by atoms with Crippen LogP contribution in [-0.4, -0.2) is 41.4 Å². The monoisotopic (exact) mass is 367 g/mol. The van der Waals surface area contributed by atoms with Gasteiger partial charge in [0.25, 0.3) is 5.91 Å². The topological polar surface area (TPSA) is 71.5 Å². The molecule has 0 saturated carbocycles. The first kappa shape index (κ1) is 18.9. The normalized spacial score (nSPS) is 16.7. The molecule has 6 nitrogen and oxygen atoms in total. The summed E-state index contributed by atoms with van der Waals surface area (Å²) in [5.41, 5.74) is 1.46. The smallest absolute Gasteiger partial charge is 0.253 e. The Morgan fingerprint density at radius 3 is 2.70 bits per heavy atom. The number of nitrogens with one attached hydrogen (secondary N) is 1. The molecule has 0 unspecified atom stereocenters. The molecular weight excluding hydrogens is 342 g/mol. The van der Waals surface area contributed by atoms with Crippen molar-refractivity contribution in [2.75, 3.05) is 25.0 Å². The Balaban J connectivity index is 1.62. The van der Waals surface area contributed by atoms with Crippen molar-refractivity contribution in [2.45, 2.75) is 26.7 Å². The predicted octanol–water partition coefficient (Wildman–Crippen LogP) is 3.28. The average molecular weight is 367 g/mol. The number of pyridine rings is 1. The van der Waals surface area contributed by atoms with Gasteiger partial charge in [0.2, 0.25) is 5.91 Å². The Hall–Kier alpha value is -2.89. The lowest BCUT2D eigenvalue weighted by Gasteiger charge is -2.32. The lowest BCUT2D eigenvalue weighted by Crippen LogP contribution is -2.43. The first-order valence-corrected chi connectivity index (χ1v) is 9.33. The number of likely N-dealkylation sites (tertiary alicyclic amines) is 1. The number of hydrogen-bond acceptors (Lipinski definition) is 4. The zero-order valence-corrected chi connectivity index (χ0v) is 15.8. The van der Waals surface area contributed by atoms with Crippen LogP contribution in [0.2, 0.25) is 0 Å². The van der Waals surface area contributed by atoms with Crippen LogP contribution in [-0.2, 0) is 4.79 Å². The number of carbonyl (C=O) groups is 2. The van der Waals surface area contributed by atoms with Crippen LogP contribution in [0.1, 0.15) is 35.8 Å². The summed E-state index contributed by atoms with van der Waals surface area (Å²) in [5.74, 6) is 0.930. The molecule has 0 bridgehead atoms. The molecule has 1 aromatic heterocycles. The average Bonchev–Trinajstić information content (AvgIpc) is 2.68. The minimum Gasteiger partial charge on any atom is -0.494 e. The molecule has 1 aromatic carbocycles. The van der Waals surface area contributed by atoms with Gasteiger partial charge in [-0.25, -0.2) is 4.98 Å². The second kappa shape index (κ2) is 8.66. The number of anilines is 1. The highest BCUT2D eigenvalue weighted by Gasteiger charge is 2.29. The first-order chi connectivity index (χ1) is 13.1. The second-order valence-corrected chi connectivity index (χ2v) is 6.70. The summed E-state index contributed by atoms with van der Waals surface area (Å²) >= 11 is 0. The van der Waals surface area contributed by atoms with E-state index >= 15 is 0 Å². The highest BCUT2D eigenvalue weighted by atomic mass is 16.5. The lowest BCUT2D eigenvalue weighted by molar-refractivity contribution is -0.121. The molecule has 1 N–H and O–H groups in total. The highest BCUT2D eigenvalue weighted by Crippen LogP contribution is 2.21. The number of nitrogens with zero attached hydrogens (tertiary/aromatic N) is 2. The van der Waals surface area contributed by atoms with Crippen LogP contribution in [0.4, 0.5) is 5.82 Å². The number of carbonyl (C=O) groups excluding carboxylic acids is 2. The predicted molar refractivity (Wildman–Crippen MR) is 104 cm³/mol. The molecule has 2 heterocycles. The molecule has 0 spiro atoms. The van der Waals surface area contributed by atoms with Crippen LogP contribution in [0, 0.1) is 12.8 Å². The highest BCUT2D eigenvalue weighted by molar-refractivity contribution is 5.96. The van der Waals surface area contributed by atoms with Crippen LogP contribution >= 0.6 is 0 Å². The fourth-order valence-electron chi connectivity index (χ4n) is 3.26. The van der Waals surface area contributed by atoms with Crippen LogP contribution < -0.4 is 10.1 Å². The third kappa shape index (κ3) is 4.84. The summed E-state index contributed by atoms with van der Waals surface area (Å²) in [6, 6.07) is 12.7. The van der Waals surface area contributed by atoms with Crippen molar-refractivity contribution in [3.05, 3.63) is 53.7 Å². The van der Waals surface area contributed by atoms with E-state index in [1.165, 1.54) is 0 Å². The van der Waals surface area contributed by atoms with Crippen molar-refractivity contribution >= 4 is 17.6 Å². The van der Waals surface area contributed by atoms with Gasteiger partial charge >= 0.3 is 0 Å². The number of benzene rings is 1. The molecule has 1 saturated heterocycles. The van der Waals surface area contributed by atoms with Crippen LogP contribution in [0.25, 0.3) is 0 Å². The molecule has 1 atom stereocenters. The Bertz CT molecular complexity index is 805. The molecule has 1 aliphatic rings. The Kier molecular flexibility index (Phi) is 6.06. The van der Waals surface area contributed by atoms with Gasteiger partial charge in [0.05, 0.1) is 12.5 Å². The van der Waals surface area contributed by atoms with Gasteiger partial charge in [-0.15, -0.1) is 0 Å². The molecule has 6 heteroatoms. The van der Waals surface area contributed by atoms with Crippen molar-refractivity contribution in [3.63, 3.8) is 0 Å². The molecule has 3 rings (SSSR count). The quantitative estimate of drug-likeness (QED) is 0.880. The minimum atomic E-state index is -0.229. The third-order valence-electron chi connectivity index (χ3n) is 4.63. The summed E-state index contributed by atoms with van der Waals surface area (Å²) in [4.78, 5) is 31.4. The summed E-state index contributed by atoms with van der Waals surface area (Å²) in [6.07, 6.45) is 1.58. The van der Waals surface area contributed by atoms with E-state index in [9.17, 15) is 9.59 Å². The molecule has 0 radical (unpaired) electrons. The van der Waals surface area contributed by atoms with Gasteiger partial charge in [-0.1, -0.05) is 6.07 Å². The number of aryl methyl sites for hydroxylation is 1. The molecule has 1 aliphatic heterocycles. The van der Waals surface area contributed by atoms with Gasteiger partial charge < -0.3 is 15.0 Å². The van der Waals surface area contributed by atoms with E-state index in [-0.39, 0.29) is 17.7 Å². The maximum atomic E-state index is 12.8. The van der Waals surface area contributed by atoms with E-state index in [1.807, 2.05) is 26.0 Å². The molecule has 2 aromatic rings. The largest absolute Gasteiger partial charge is 0.494 e. The second-order valence-electron chi connectivity index (χ2n) is 6.70. The Morgan fingerprint density at radius 2 is 2.00 bits per heavy atom. The molecule has 0 aliphatic carbocycles. The Labute approximate surface area is 159 Å². The van der Waals surface area contributed by atoms with Gasteiger partial charge in [0.15, 0.2) is 0 Å². The van der Waals surface area contributed by atoms with Crippen molar-refractivity contribution in [1.82, 2.24) is 9.88 Å². The minimum absolute atomic E-state index is 0.0516. The molecule has 142 valence electrons. The van der Waals surface area contributed by atoms with E-state index < -0.39 is 0 Å². The maximum Gasteiger partial charge on any atom is 0.253 e. The van der Waals surface area contributed by atoms with Gasteiger partial charge in [0, 0.05) is 24.3 Å². The SMILES string of the molecule is CCOc1ccc(C(=O)N2CCC[C@H](C(=O)Nc3cccc(C)n3)C2)cc1. The number of aromatic nitrogens is 1. The fourth-order valence-corrected chi connectivity index (χ4v) is 3.26. The van der Waals surface area contributed by atoms with Crippen LogP contribution in [0.3, 0.4) is 0 Å². The number of hydrogen-bond donors (Lipinski definition) is 1. The number of ether oxygens (including phenoxy) is 1. The first-order valence-electron chi connectivity index (χ1n) is 9.33. The molecule has 1 fully saturated rings. The lowest BCUT2D eigenvalue weighted by atomic mass is 9.96. The van der Waals surface area contributed by atoms with Gasteiger partial charge in [-0.2, -0.15) is 0 Å². The van der Waals surface area contributed by atoms with Gasteiger partial charge in [-0.05, 0) is 63.1 Å². The number of piperidine rings is 1. The van der Waals surface area contributed by atoms with Crippen molar-refractivity contribution < 1.29 is 14.3 Å². The van der Waals surface area contributed by atoms with Gasteiger partial charge in [0.1, 0.15) is 11.6 Å². The van der Waals surface area contributed by atoms with Crippen molar-refractivity contribution in [2.24, 2.45) is 5.92 Å². The van der Waals surface area contributed by atoms with Crippen LogP contribution in [0.5, 0.6) is 5.75 Å². The van der Waals surface area contributed by atoms with Gasteiger partial charge in [-0.3, -0.25) is 9.59 Å². The fraction of sp³-hybridized carbons (Fsp3) is 0.381.